The largest absolute Gasteiger partial charge is 0.293 e. The van der Waals surface area contributed by atoms with Crippen molar-refractivity contribution < 1.29 is 13.2 Å². The predicted molar refractivity (Wildman–Crippen MR) is 81.2 cm³/mol. The van der Waals surface area contributed by atoms with E-state index in [-0.39, 0.29) is 9.99 Å². The van der Waals surface area contributed by atoms with E-state index in [0.717, 1.165) is 22.5 Å². The minimum absolute atomic E-state index is 0.238. The molecule has 0 aliphatic carbocycles. The van der Waals surface area contributed by atoms with Gasteiger partial charge >= 0.3 is 0 Å². The molecule has 0 radical (unpaired) electrons. The molecule has 1 aromatic heterocycles. The average Bonchev–Trinajstić information content (AvgIpc) is 2.95. The van der Waals surface area contributed by atoms with Crippen LogP contribution in [0.2, 0.25) is 0 Å². The first-order chi connectivity index (χ1) is 9.34. The van der Waals surface area contributed by atoms with Crippen molar-refractivity contribution in [2.45, 2.75) is 30.2 Å². The lowest BCUT2D eigenvalue weighted by Crippen LogP contribution is -2.27. The van der Waals surface area contributed by atoms with Crippen molar-refractivity contribution in [1.82, 2.24) is 0 Å². The molecule has 0 saturated heterocycles. The van der Waals surface area contributed by atoms with Crippen LogP contribution < -0.4 is 0 Å². The molecule has 3 nitrogen and oxygen atoms in total. The topological polar surface area (TPSA) is 51.2 Å². The SMILES string of the molecule is Cc1ccc(C(=O)C(C)S(=O)(=O)c2cccs2)cc1C. The molecule has 2 aromatic rings. The van der Waals surface area contributed by atoms with Gasteiger partial charge in [-0.25, -0.2) is 8.42 Å². The van der Waals surface area contributed by atoms with E-state index in [2.05, 4.69) is 0 Å². The van der Waals surface area contributed by atoms with Gasteiger partial charge in [-0.1, -0.05) is 18.2 Å². The number of Topliss-reactive ketones (excluding diaryl/α,β-unsaturated/α-hetero) is 1. The van der Waals surface area contributed by atoms with E-state index < -0.39 is 15.1 Å². The Morgan fingerprint density at radius 2 is 1.85 bits per heavy atom. The van der Waals surface area contributed by atoms with E-state index >= 15 is 0 Å². The van der Waals surface area contributed by atoms with E-state index in [1.54, 1.807) is 23.6 Å². The molecular weight excluding hydrogens is 292 g/mol. The van der Waals surface area contributed by atoms with E-state index in [1.807, 2.05) is 19.9 Å². The van der Waals surface area contributed by atoms with Crippen LogP contribution in [0.5, 0.6) is 0 Å². The average molecular weight is 308 g/mol. The summed E-state index contributed by atoms with van der Waals surface area (Å²) in [5.41, 5.74) is 2.51. The van der Waals surface area contributed by atoms with Crippen LogP contribution in [0.25, 0.3) is 0 Å². The van der Waals surface area contributed by atoms with Crippen molar-refractivity contribution in [3.05, 3.63) is 52.4 Å². The molecule has 2 rings (SSSR count). The molecule has 20 heavy (non-hydrogen) atoms. The van der Waals surface area contributed by atoms with E-state index in [0.29, 0.717) is 5.56 Å². The van der Waals surface area contributed by atoms with Gasteiger partial charge in [0.2, 0.25) is 0 Å². The number of hydrogen-bond donors (Lipinski definition) is 0. The molecule has 0 fully saturated rings. The maximum atomic E-state index is 12.4. The summed E-state index contributed by atoms with van der Waals surface area (Å²) in [4.78, 5) is 12.4. The maximum absolute atomic E-state index is 12.4. The van der Waals surface area contributed by atoms with Crippen molar-refractivity contribution in [2.75, 3.05) is 0 Å². The van der Waals surface area contributed by atoms with E-state index in [1.165, 1.54) is 13.0 Å². The normalized spacial score (nSPS) is 13.2. The summed E-state index contributed by atoms with van der Waals surface area (Å²) in [6, 6.07) is 8.48. The number of rotatable bonds is 4. The molecule has 0 N–H and O–H groups in total. The Morgan fingerprint density at radius 1 is 1.15 bits per heavy atom. The molecule has 0 amide bonds. The van der Waals surface area contributed by atoms with Crippen LogP contribution >= 0.6 is 11.3 Å². The van der Waals surface area contributed by atoms with Gasteiger partial charge in [-0.3, -0.25) is 4.79 Å². The smallest absolute Gasteiger partial charge is 0.197 e. The summed E-state index contributed by atoms with van der Waals surface area (Å²) in [7, 11) is -3.60. The highest BCUT2D eigenvalue weighted by Crippen LogP contribution is 2.24. The Kier molecular flexibility index (Phi) is 4.11. The molecule has 1 atom stereocenters. The first kappa shape index (κ1) is 14.9. The zero-order valence-corrected chi connectivity index (χ0v) is 13.2. The molecule has 0 spiro atoms. The summed E-state index contributed by atoms with van der Waals surface area (Å²) in [6.07, 6.45) is 0. The molecular formula is C15H16O3S2. The minimum atomic E-state index is -3.60. The Bertz CT molecular complexity index is 728. The number of aryl methyl sites for hydroxylation is 2. The summed E-state index contributed by atoms with van der Waals surface area (Å²) >= 11 is 1.14. The molecule has 0 aliphatic heterocycles. The third kappa shape index (κ3) is 2.69. The third-order valence-corrected chi connectivity index (χ3v) is 6.89. The van der Waals surface area contributed by atoms with Crippen LogP contribution in [-0.2, 0) is 9.84 Å². The zero-order chi connectivity index (χ0) is 14.9. The Hall–Kier alpha value is -1.46. The van der Waals surface area contributed by atoms with Crippen LogP contribution in [-0.4, -0.2) is 19.5 Å². The molecule has 1 aromatic carbocycles. The van der Waals surface area contributed by atoms with Crippen LogP contribution in [0, 0.1) is 13.8 Å². The Balaban J connectivity index is 2.36. The monoisotopic (exact) mass is 308 g/mol. The maximum Gasteiger partial charge on any atom is 0.197 e. The van der Waals surface area contributed by atoms with Crippen LogP contribution in [0.1, 0.15) is 28.4 Å². The van der Waals surface area contributed by atoms with Gasteiger partial charge in [0.25, 0.3) is 0 Å². The molecule has 0 bridgehead atoms. The van der Waals surface area contributed by atoms with Crippen molar-refractivity contribution in [2.24, 2.45) is 0 Å². The lowest BCUT2D eigenvalue weighted by atomic mass is 10.0. The number of benzene rings is 1. The lowest BCUT2D eigenvalue weighted by molar-refractivity contribution is 0.0991. The van der Waals surface area contributed by atoms with Gasteiger partial charge in [-0.2, -0.15) is 0 Å². The van der Waals surface area contributed by atoms with Crippen LogP contribution in [0.15, 0.2) is 39.9 Å². The fourth-order valence-electron chi connectivity index (χ4n) is 1.87. The van der Waals surface area contributed by atoms with Gasteiger partial charge in [0.05, 0.1) is 0 Å². The zero-order valence-electron chi connectivity index (χ0n) is 11.6. The number of hydrogen-bond acceptors (Lipinski definition) is 4. The first-order valence-electron chi connectivity index (χ1n) is 6.23. The number of ketones is 1. The highest BCUT2D eigenvalue weighted by molar-refractivity contribution is 7.94. The van der Waals surface area contributed by atoms with Gasteiger partial charge in [0.1, 0.15) is 9.46 Å². The Morgan fingerprint density at radius 3 is 2.40 bits per heavy atom. The quantitative estimate of drug-likeness (QED) is 0.813. The second-order valence-corrected chi connectivity index (χ2v) is 8.23. The Labute approximate surface area is 123 Å². The lowest BCUT2D eigenvalue weighted by Gasteiger charge is -2.11. The van der Waals surface area contributed by atoms with Gasteiger partial charge in [-0.15, -0.1) is 11.3 Å². The first-order valence-corrected chi connectivity index (χ1v) is 8.65. The van der Waals surface area contributed by atoms with Crippen LogP contribution in [0.3, 0.4) is 0 Å². The third-order valence-electron chi connectivity index (χ3n) is 3.40. The molecule has 1 heterocycles. The van der Waals surface area contributed by atoms with Gasteiger partial charge in [0, 0.05) is 5.56 Å². The van der Waals surface area contributed by atoms with Gasteiger partial charge in [0.15, 0.2) is 15.6 Å². The molecule has 106 valence electrons. The summed E-state index contributed by atoms with van der Waals surface area (Å²) in [5.74, 6) is -0.360. The fraction of sp³-hybridized carbons (Fsp3) is 0.267. The van der Waals surface area contributed by atoms with Crippen molar-refractivity contribution >= 4 is 27.0 Å². The minimum Gasteiger partial charge on any atom is -0.293 e. The molecule has 5 heteroatoms. The number of carbonyl (C=O) groups excluding carboxylic acids is 1. The highest BCUT2D eigenvalue weighted by atomic mass is 32.2. The molecule has 0 aliphatic rings. The van der Waals surface area contributed by atoms with Gasteiger partial charge < -0.3 is 0 Å². The van der Waals surface area contributed by atoms with Crippen molar-refractivity contribution in [1.29, 1.82) is 0 Å². The molecule has 1 unspecified atom stereocenters. The summed E-state index contributed by atoms with van der Waals surface area (Å²) in [5, 5.41) is 0.628. The number of sulfone groups is 1. The van der Waals surface area contributed by atoms with E-state index in [4.69, 9.17) is 0 Å². The van der Waals surface area contributed by atoms with Crippen molar-refractivity contribution in [3.8, 4) is 0 Å². The van der Waals surface area contributed by atoms with Crippen molar-refractivity contribution in [3.63, 3.8) is 0 Å². The number of carbonyl (C=O) groups is 1. The second-order valence-electron chi connectivity index (χ2n) is 4.78. The van der Waals surface area contributed by atoms with Crippen LogP contribution in [0.4, 0.5) is 0 Å². The fourth-order valence-corrected chi connectivity index (χ4v) is 4.49. The number of thiophene rings is 1. The second kappa shape index (κ2) is 5.50. The van der Waals surface area contributed by atoms with Gasteiger partial charge in [-0.05, 0) is 49.4 Å². The standard InChI is InChI=1S/C15H16O3S2/c1-10-6-7-13(9-11(10)2)15(16)12(3)20(17,18)14-5-4-8-19-14/h4-9,12H,1-3H3. The predicted octanol–water partition coefficient (Wildman–Crippen LogP) is 3.41. The summed E-state index contributed by atoms with van der Waals surface area (Å²) in [6.45, 7) is 5.31. The highest BCUT2D eigenvalue weighted by Gasteiger charge is 2.31. The summed E-state index contributed by atoms with van der Waals surface area (Å²) < 4.78 is 24.9. The molecule has 0 saturated carbocycles. The van der Waals surface area contributed by atoms with E-state index in [9.17, 15) is 13.2 Å².